The van der Waals surface area contributed by atoms with Crippen LogP contribution < -0.4 is 5.32 Å². The van der Waals surface area contributed by atoms with Crippen LogP contribution in [0.15, 0.2) is 24.3 Å². The lowest BCUT2D eigenvalue weighted by Crippen LogP contribution is -2.24. The average molecular weight is 261 g/mol. The first kappa shape index (κ1) is 14.5. The molecule has 0 saturated heterocycles. The highest BCUT2D eigenvalue weighted by Gasteiger charge is 2.19. The summed E-state index contributed by atoms with van der Waals surface area (Å²) in [7, 11) is 2.05. The summed E-state index contributed by atoms with van der Waals surface area (Å²) >= 11 is 0. The van der Waals surface area contributed by atoms with Crippen LogP contribution in [0.3, 0.4) is 0 Å². The number of aryl methyl sites for hydroxylation is 1. The Bertz CT molecular complexity index is 373. The summed E-state index contributed by atoms with van der Waals surface area (Å²) in [4.78, 5) is 0. The third-order valence-electron chi connectivity index (χ3n) is 4.23. The quantitative estimate of drug-likeness (QED) is 0.753. The molecule has 1 aliphatic carbocycles. The molecule has 19 heavy (non-hydrogen) atoms. The largest absolute Gasteiger partial charge is 0.374 e. The topological polar surface area (TPSA) is 21.3 Å². The van der Waals surface area contributed by atoms with Crippen LogP contribution in [0, 0.1) is 0 Å². The minimum atomic E-state index is 0.333. The fraction of sp³-hybridized carbons (Fsp3) is 0.647. The molecule has 0 bridgehead atoms. The molecule has 1 aromatic carbocycles. The van der Waals surface area contributed by atoms with Gasteiger partial charge in [0.25, 0.3) is 0 Å². The number of hydrogen-bond acceptors (Lipinski definition) is 2. The second-order valence-corrected chi connectivity index (χ2v) is 5.49. The first-order valence-electron chi connectivity index (χ1n) is 7.71. The van der Waals surface area contributed by atoms with E-state index in [1.165, 1.54) is 43.2 Å². The predicted molar refractivity (Wildman–Crippen MR) is 80.4 cm³/mol. The van der Waals surface area contributed by atoms with E-state index < -0.39 is 0 Å². The van der Waals surface area contributed by atoms with Gasteiger partial charge in [-0.15, -0.1) is 0 Å². The first-order valence-corrected chi connectivity index (χ1v) is 7.71. The Balaban J connectivity index is 1.78. The van der Waals surface area contributed by atoms with Crippen molar-refractivity contribution in [2.24, 2.45) is 0 Å². The van der Waals surface area contributed by atoms with Gasteiger partial charge >= 0.3 is 0 Å². The van der Waals surface area contributed by atoms with Crippen molar-refractivity contribution < 1.29 is 4.74 Å². The number of ether oxygens (including phenoxy) is 1. The number of hydrogen-bond donors (Lipinski definition) is 1. The van der Waals surface area contributed by atoms with Crippen LogP contribution in [0.2, 0.25) is 0 Å². The number of fused-ring (bicyclic) bond motifs is 1. The molecule has 1 aliphatic rings. The van der Waals surface area contributed by atoms with E-state index in [4.69, 9.17) is 4.74 Å². The van der Waals surface area contributed by atoms with E-state index >= 15 is 0 Å². The van der Waals surface area contributed by atoms with E-state index in [0.29, 0.717) is 12.1 Å². The minimum absolute atomic E-state index is 0.333. The van der Waals surface area contributed by atoms with E-state index in [0.717, 1.165) is 13.0 Å². The van der Waals surface area contributed by atoms with E-state index in [-0.39, 0.29) is 0 Å². The molecule has 2 rings (SSSR count). The number of nitrogens with one attached hydrogen (secondary N) is 1. The van der Waals surface area contributed by atoms with Gasteiger partial charge in [0.2, 0.25) is 0 Å². The highest BCUT2D eigenvalue weighted by atomic mass is 16.5. The summed E-state index contributed by atoms with van der Waals surface area (Å²) in [6, 6.07) is 9.40. The van der Waals surface area contributed by atoms with Crippen LogP contribution >= 0.6 is 0 Å². The van der Waals surface area contributed by atoms with Gasteiger partial charge in [-0.2, -0.15) is 0 Å². The fourth-order valence-electron chi connectivity index (χ4n) is 2.99. The van der Waals surface area contributed by atoms with Crippen LogP contribution in [0.25, 0.3) is 0 Å². The van der Waals surface area contributed by atoms with Gasteiger partial charge in [0.05, 0.1) is 6.10 Å². The van der Waals surface area contributed by atoms with Gasteiger partial charge in [0.15, 0.2) is 0 Å². The van der Waals surface area contributed by atoms with Gasteiger partial charge in [-0.05, 0) is 56.7 Å². The molecule has 0 aliphatic heterocycles. The van der Waals surface area contributed by atoms with Crippen molar-refractivity contribution in [3.8, 4) is 0 Å². The van der Waals surface area contributed by atoms with Crippen molar-refractivity contribution in [1.82, 2.24) is 5.32 Å². The summed E-state index contributed by atoms with van der Waals surface area (Å²) in [6.45, 7) is 3.12. The maximum absolute atomic E-state index is 6.12. The van der Waals surface area contributed by atoms with E-state index in [1.54, 1.807) is 0 Å². The fourth-order valence-corrected chi connectivity index (χ4v) is 2.99. The molecule has 0 radical (unpaired) electrons. The van der Waals surface area contributed by atoms with Crippen LogP contribution in [0.1, 0.15) is 56.3 Å². The van der Waals surface area contributed by atoms with Crippen molar-refractivity contribution in [1.29, 1.82) is 0 Å². The second kappa shape index (κ2) is 7.66. The van der Waals surface area contributed by atoms with E-state index in [9.17, 15) is 0 Å². The molecule has 0 spiro atoms. The highest BCUT2D eigenvalue weighted by Crippen LogP contribution is 2.32. The molecule has 106 valence electrons. The molecule has 0 heterocycles. The number of rotatable bonds is 7. The molecule has 0 fully saturated rings. The molecule has 0 saturated carbocycles. The zero-order valence-electron chi connectivity index (χ0n) is 12.3. The molecule has 0 aromatic heterocycles. The third kappa shape index (κ3) is 4.05. The van der Waals surface area contributed by atoms with Crippen LogP contribution in [-0.4, -0.2) is 19.7 Å². The normalized spacial score (nSPS) is 20.0. The summed E-state index contributed by atoms with van der Waals surface area (Å²) in [5, 5.41) is 3.35. The van der Waals surface area contributed by atoms with Crippen molar-refractivity contribution in [2.75, 3.05) is 13.7 Å². The van der Waals surface area contributed by atoms with Crippen molar-refractivity contribution in [3.63, 3.8) is 0 Å². The molecular formula is C17H27NO. The Morgan fingerprint density at radius 2 is 2.21 bits per heavy atom. The van der Waals surface area contributed by atoms with Crippen LogP contribution in [0.4, 0.5) is 0 Å². The van der Waals surface area contributed by atoms with Crippen LogP contribution in [0.5, 0.6) is 0 Å². The first-order chi connectivity index (χ1) is 9.35. The summed E-state index contributed by atoms with van der Waals surface area (Å²) in [5.41, 5.74) is 2.91. The van der Waals surface area contributed by atoms with Gasteiger partial charge in [-0.3, -0.25) is 0 Å². The Labute approximate surface area is 117 Å². The van der Waals surface area contributed by atoms with Crippen molar-refractivity contribution in [2.45, 2.75) is 57.6 Å². The summed E-state index contributed by atoms with van der Waals surface area (Å²) in [6.07, 6.45) is 7.55. The molecule has 1 aromatic rings. The lowest BCUT2D eigenvalue weighted by atomic mass is 9.89. The predicted octanol–water partition coefficient (Wildman–Crippen LogP) is 3.86. The lowest BCUT2D eigenvalue weighted by Gasteiger charge is -2.26. The molecular weight excluding hydrogens is 234 g/mol. The average Bonchev–Trinajstić information content (AvgIpc) is 2.47. The smallest absolute Gasteiger partial charge is 0.0827 e. The second-order valence-electron chi connectivity index (χ2n) is 5.49. The zero-order valence-corrected chi connectivity index (χ0v) is 12.3. The molecule has 2 unspecified atom stereocenters. The molecule has 2 heteroatoms. The molecule has 1 N–H and O–H groups in total. The Kier molecular flexibility index (Phi) is 5.87. The maximum Gasteiger partial charge on any atom is 0.0827 e. The van der Waals surface area contributed by atoms with E-state index in [1.807, 2.05) is 7.05 Å². The summed E-state index contributed by atoms with van der Waals surface area (Å²) in [5.74, 6) is 0. The van der Waals surface area contributed by atoms with Crippen molar-refractivity contribution >= 4 is 0 Å². The molecule has 0 amide bonds. The maximum atomic E-state index is 6.12. The Hall–Kier alpha value is -0.860. The third-order valence-corrected chi connectivity index (χ3v) is 4.23. The molecule has 2 nitrogen and oxygen atoms in total. The molecule has 2 atom stereocenters. The highest BCUT2D eigenvalue weighted by molar-refractivity contribution is 5.31. The van der Waals surface area contributed by atoms with Crippen LogP contribution in [-0.2, 0) is 11.2 Å². The van der Waals surface area contributed by atoms with Gasteiger partial charge in [-0.1, -0.05) is 31.2 Å². The van der Waals surface area contributed by atoms with Gasteiger partial charge < -0.3 is 10.1 Å². The Morgan fingerprint density at radius 3 is 3.00 bits per heavy atom. The SMILES string of the molecule is CCC(CCCOC1CCCc2ccccc21)NC. The van der Waals surface area contributed by atoms with Gasteiger partial charge in [0.1, 0.15) is 0 Å². The minimum Gasteiger partial charge on any atom is -0.374 e. The summed E-state index contributed by atoms with van der Waals surface area (Å²) < 4.78 is 6.12. The lowest BCUT2D eigenvalue weighted by molar-refractivity contribution is 0.0374. The number of benzene rings is 1. The van der Waals surface area contributed by atoms with E-state index in [2.05, 4.69) is 36.5 Å². The van der Waals surface area contributed by atoms with Gasteiger partial charge in [-0.25, -0.2) is 0 Å². The monoisotopic (exact) mass is 261 g/mol. The standard InChI is InChI=1S/C17H27NO/c1-3-15(18-2)10-7-13-19-17-12-6-9-14-8-4-5-11-16(14)17/h4-5,8,11,15,17-18H,3,6-7,9-10,12-13H2,1-2H3. The van der Waals surface area contributed by atoms with Crippen molar-refractivity contribution in [3.05, 3.63) is 35.4 Å². The zero-order chi connectivity index (χ0) is 13.5. The van der Waals surface area contributed by atoms with Gasteiger partial charge in [0, 0.05) is 12.6 Å². The Morgan fingerprint density at radius 1 is 1.37 bits per heavy atom.